The topological polar surface area (TPSA) is 76.2 Å². The van der Waals surface area contributed by atoms with Crippen LogP contribution in [0.2, 0.25) is 0 Å². The minimum Gasteiger partial charge on any atom is -0.497 e. The van der Waals surface area contributed by atoms with Crippen molar-refractivity contribution < 1.29 is 9.47 Å². The largest absolute Gasteiger partial charge is 0.497 e. The van der Waals surface area contributed by atoms with Gasteiger partial charge in [-0.2, -0.15) is 0 Å². The van der Waals surface area contributed by atoms with Crippen LogP contribution in [0.25, 0.3) is 0 Å². The molecule has 0 spiro atoms. The number of aromatic nitrogens is 2. The number of rotatable bonds is 6. The molecule has 0 radical (unpaired) electrons. The molecule has 1 heterocycles. The Hall–Kier alpha value is -2.50. The number of nitrogens with zero attached hydrogens (tertiary/aromatic N) is 1. The third-order valence-electron chi connectivity index (χ3n) is 3.91. The molecule has 0 fully saturated rings. The number of fused-ring (bicyclic) bond motifs is 1. The molecular weight excluding hydrogens is 294 g/mol. The van der Waals surface area contributed by atoms with Gasteiger partial charge in [0.15, 0.2) is 0 Å². The van der Waals surface area contributed by atoms with E-state index in [9.17, 15) is 4.79 Å². The lowest BCUT2D eigenvalue weighted by molar-refractivity contribution is 0.331. The van der Waals surface area contributed by atoms with Gasteiger partial charge in [-0.15, -0.1) is 0 Å². The summed E-state index contributed by atoms with van der Waals surface area (Å²) in [6.45, 7) is 1.04. The van der Waals surface area contributed by atoms with Crippen LogP contribution >= 0.6 is 0 Å². The molecule has 2 aromatic rings. The second-order valence-electron chi connectivity index (χ2n) is 5.50. The quantitative estimate of drug-likeness (QED) is 0.799. The third kappa shape index (κ3) is 3.83. The van der Waals surface area contributed by atoms with E-state index in [4.69, 9.17) is 9.47 Å². The third-order valence-corrected chi connectivity index (χ3v) is 3.91. The van der Waals surface area contributed by atoms with Gasteiger partial charge in [0, 0.05) is 5.56 Å². The Morgan fingerprint density at radius 2 is 1.91 bits per heavy atom. The van der Waals surface area contributed by atoms with E-state index in [2.05, 4.69) is 15.3 Å². The van der Waals surface area contributed by atoms with E-state index >= 15 is 0 Å². The van der Waals surface area contributed by atoms with Gasteiger partial charge in [0.1, 0.15) is 18.1 Å². The average molecular weight is 315 g/mol. The van der Waals surface area contributed by atoms with Crippen LogP contribution in [-0.2, 0) is 12.8 Å². The molecule has 6 heteroatoms. The molecule has 0 aliphatic heterocycles. The second kappa shape index (κ2) is 7.17. The van der Waals surface area contributed by atoms with Crippen molar-refractivity contribution in [2.75, 3.05) is 25.6 Å². The first-order chi connectivity index (χ1) is 11.3. The number of hydrogen-bond acceptors (Lipinski definition) is 5. The van der Waals surface area contributed by atoms with Gasteiger partial charge >= 0.3 is 0 Å². The normalized spacial score (nSPS) is 13.3. The van der Waals surface area contributed by atoms with Crippen LogP contribution in [0.1, 0.15) is 24.1 Å². The highest BCUT2D eigenvalue weighted by molar-refractivity contribution is 5.32. The molecule has 0 unspecified atom stereocenters. The number of anilines is 1. The molecule has 0 saturated carbocycles. The SMILES string of the molecule is COc1ccc(OCCNc2nc3c(c(=O)[nH]2)CCCC3)cc1. The first kappa shape index (κ1) is 15.4. The predicted molar refractivity (Wildman–Crippen MR) is 88.5 cm³/mol. The lowest BCUT2D eigenvalue weighted by atomic mass is 9.97. The molecule has 3 rings (SSSR count). The molecule has 2 N–H and O–H groups in total. The van der Waals surface area contributed by atoms with E-state index in [-0.39, 0.29) is 5.56 Å². The summed E-state index contributed by atoms with van der Waals surface area (Å²) >= 11 is 0. The molecule has 122 valence electrons. The standard InChI is InChI=1S/C17H21N3O3/c1-22-12-6-8-13(9-7-12)23-11-10-18-17-19-15-5-3-2-4-14(15)16(21)20-17/h6-9H,2-5,10-11H2,1H3,(H2,18,19,20,21). The maximum absolute atomic E-state index is 12.0. The Kier molecular flexibility index (Phi) is 4.80. The highest BCUT2D eigenvalue weighted by Gasteiger charge is 2.15. The summed E-state index contributed by atoms with van der Waals surface area (Å²) in [6, 6.07) is 7.42. The molecule has 6 nitrogen and oxygen atoms in total. The maximum atomic E-state index is 12.0. The molecule has 1 aliphatic rings. The van der Waals surface area contributed by atoms with Gasteiger partial charge in [-0.05, 0) is 49.9 Å². The Morgan fingerprint density at radius 3 is 2.70 bits per heavy atom. The number of aryl methyl sites for hydroxylation is 1. The smallest absolute Gasteiger partial charge is 0.255 e. The van der Waals surface area contributed by atoms with E-state index in [1.807, 2.05) is 24.3 Å². The highest BCUT2D eigenvalue weighted by Crippen LogP contribution is 2.17. The first-order valence-electron chi connectivity index (χ1n) is 7.89. The van der Waals surface area contributed by atoms with Crippen molar-refractivity contribution >= 4 is 5.95 Å². The molecule has 0 atom stereocenters. The molecule has 0 saturated heterocycles. The highest BCUT2D eigenvalue weighted by atomic mass is 16.5. The van der Waals surface area contributed by atoms with Crippen LogP contribution in [0.5, 0.6) is 11.5 Å². The maximum Gasteiger partial charge on any atom is 0.255 e. The summed E-state index contributed by atoms with van der Waals surface area (Å²) in [5.74, 6) is 2.10. The molecule has 0 amide bonds. The van der Waals surface area contributed by atoms with Gasteiger partial charge < -0.3 is 14.8 Å². The zero-order valence-corrected chi connectivity index (χ0v) is 13.2. The van der Waals surface area contributed by atoms with Crippen LogP contribution in [0.15, 0.2) is 29.1 Å². The Morgan fingerprint density at radius 1 is 1.17 bits per heavy atom. The van der Waals surface area contributed by atoms with E-state index in [1.165, 1.54) is 0 Å². The van der Waals surface area contributed by atoms with Crippen molar-refractivity contribution in [3.63, 3.8) is 0 Å². The van der Waals surface area contributed by atoms with Crippen molar-refractivity contribution in [3.8, 4) is 11.5 Å². The van der Waals surface area contributed by atoms with Crippen molar-refractivity contribution in [2.24, 2.45) is 0 Å². The van der Waals surface area contributed by atoms with Crippen LogP contribution in [0, 0.1) is 0 Å². The van der Waals surface area contributed by atoms with Gasteiger partial charge in [-0.3, -0.25) is 9.78 Å². The van der Waals surface area contributed by atoms with Gasteiger partial charge in [0.25, 0.3) is 5.56 Å². The minimum absolute atomic E-state index is 0.0201. The van der Waals surface area contributed by atoms with Crippen molar-refractivity contribution in [1.82, 2.24) is 9.97 Å². The lowest BCUT2D eigenvalue weighted by Gasteiger charge is -2.15. The van der Waals surface area contributed by atoms with Crippen LogP contribution in [0.4, 0.5) is 5.95 Å². The zero-order valence-electron chi connectivity index (χ0n) is 13.2. The molecule has 1 aliphatic carbocycles. The number of hydrogen-bond donors (Lipinski definition) is 2. The van der Waals surface area contributed by atoms with E-state index < -0.39 is 0 Å². The summed E-state index contributed by atoms with van der Waals surface area (Å²) in [7, 11) is 1.63. The predicted octanol–water partition coefficient (Wildman–Crippen LogP) is 2.15. The Bertz CT molecular complexity index is 710. The number of H-pyrrole nitrogens is 1. The fourth-order valence-electron chi connectivity index (χ4n) is 2.70. The summed E-state index contributed by atoms with van der Waals surface area (Å²) in [4.78, 5) is 19.3. The average Bonchev–Trinajstić information content (AvgIpc) is 2.59. The summed E-state index contributed by atoms with van der Waals surface area (Å²) < 4.78 is 10.7. The fourth-order valence-corrected chi connectivity index (χ4v) is 2.70. The number of methoxy groups -OCH3 is 1. The Balaban J connectivity index is 1.52. The van der Waals surface area contributed by atoms with Crippen molar-refractivity contribution in [1.29, 1.82) is 0 Å². The summed E-state index contributed by atoms with van der Waals surface area (Å²) in [5, 5.41) is 3.11. The van der Waals surface area contributed by atoms with Gasteiger partial charge in [0.2, 0.25) is 5.95 Å². The van der Waals surface area contributed by atoms with Gasteiger partial charge in [0.05, 0.1) is 19.3 Å². The van der Waals surface area contributed by atoms with Crippen molar-refractivity contribution in [3.05, 3.63) is 45.9 Å². The van der Waals surface area contributed by atoms with Crippen molar-refractivity contribution in [2.45, 2.75) is 25.7 Å². The molecule has 23 heavy (non-hydrogen) atoms. The number of ether oxygens (including phenoxy) is 2. The summed E-state index contributed by atoms with van der Waals surface area (Å²) in [5.41, 5.74) is 1.75. The zero-order chi connectivity index (χ0) is 16.1. The molecule has 0 bridgehead atoms. The van der Waals surface area contributed by atoms with Crippen LogP contribution in [0.3, 0.4) is 0 Å². The molecule has 1 aromatic carbocycles. The first-order valence-corrected chi connectivity index (χ1v) is 7.89. The van der Waals surface area contributed by atoms with Gasteiger partial charge in [-0.25, -0.2) is 4.98 Å². The fraction of sp³-hybridized carbons (Fsp3) is 0.412. The molecular formula is C17H21N3O3. The number of aromatic amines is 1. The van der Waals surface area contributed by atoms with Crippen LogP contribution < -0.4 is 20.3 Å². The lowest BCUT2D eigenvalue weighted by Crippen LogP contribution is -2.24. The van der Waals surface area contributed by atoms with E-state index in [0.717, 1.165) is 48.4 Å². The second-order valence-corrected chi connectivity index (χ2v) is 5.50. The molecule has 1 aromatic heterocycles. The monoisotopic (exact) mass is 315 g/mol. The van der Waals surface area contributed by atoms with E-state index in [1.54, 1.807) is 7.11 Å². The summed E-state index contributed by atoms with van der Waals surface area (Å²) in [6.07, 6.45) is 3.89. The van der Waals surface area contributed by atoms with Crippen LogP contribution in [-0.4, -0.2) is 30.2 Å². The van der Waals surface area contributed by atoms with Gasteiger partial charge in [-0.1, -0.05) is 0 Å². The Labute approximate surface area is 134 Å². The minimum atomic E-state index is -0.0201. The number of benzene rings is 1. The van der Waals surface area contributed by atoms with E-state index in [0.29, 0.717) is 19.1 Å². The number of nitrogens with one attached hydrogen (secondary N) is 2.